The second-order valence-corrected chi connectivity index (χ2v) is 5.00. The van der Waals surface area contributed by atoms with Gasteiger partial charge in [0.25, 0.3) is 5.91 Å². The number of para-hydroxylation sites is 3. The molecular formula is C17H14N4O2. The summed E-state index contributed by atoms with van der Waals surface area (Å²) in [6.45, 7) is 0. The van der Waals surface area contributed by atoms with Gasteiger partial charge in [0.1, 0.15) is 5.69 Å². The zero-order valence-electron chi connectivity index (χ0n) is 12.2. The number of amides is 2. The van der Waals surface area contributed by atoms with E-state index in [1.807, 2.05) is 18.2 Å². The Kier molecular flexibility index (Phi) is 3.97. The molecule has 1 heterocycles. The van der Waals surface area contributed by atoms with E-state index in [-0.39, 0.29) is 18.0 Å². The van der Waals surface area contributed by atoms with Crippen molar-refractivity contribution in [3.05, 3.63) is 66.0 Å². The molecule has 0 unspecified atom stereocenters. The summed E-state index contributed by atoms with van der Waals surface area (Å²) in [6.07, 6.45) is 1.48. The van der Waals surface area contributed by atoms with Crippen molar-refractivity contribution in [2.75, 3.05) is 5.32 Å². The number of benzene rings is 2. The fourth-order valence-electron chi connectivity index (χ4n) is 2.24. The summed E-state index contributed by atoms with van der Waals surface area (Å²) in [5, 5.41) is 2.75. The molecule has 6 heteroatoms. The van der Waals surface area contributed by atoms with Crippen LogP contribution in [-0.4, -0.2) is 21.8 Å². The molecule has 3 N–H and O–H groups in total. The molecule has 3 aromatic rings. The van der Waals surface area contributed by atoms with E-state index < -0.39 is 5.91 Å². The minimum absolute atomic E-state index is 0.0554. The van der Waals surface area contributed by atoms with Crippen molar-refractivity contribution in [2.45, 2.75) is 6.42 Å². The Morgan fingerprint density at radius 1 is 1.00 bits per heavy atom. The van der Waals surface area contributed by atoms with Crippen LogP contribution in [0.4, 0.5) is 5.69 Å². The number of hydrogen-bond donors (Lipinski definition) is 2. The SMILES string of the molecule is NC(=O)Cc1ccccc1NC(=O)c1cnc2ccccc2n1. The molecule has 0 atom stereocenters. The Labute approximate surface area is 132 Å². The molecule has 0 fully saturated rings. The van der Waals surface area contributed by atoms with Gasteiger partial charge in [-0.1, -0.05) is 30.3 Å². The maximum atomic E-state index is 12.4. The van der Waals surface area contributed by atoms with Gasteiger partial charge in [-0.3, -0.25) is 14.6 Å². The van der Waals surface area contributed by atoms with E-state index in [1.54, 1.807) is 30.3 Å². The van der Waals surface area contributed by atoms with Crippen molar-refractivity contribution in [1.29, 1.82) is 0 Å². The molecule has 0 saturated carbocycles. The van der Waals surface area contributed by atoms with Crippen LogP contribution in [0.25, 0.3) is 11.0 Å². The van der Waals surface area contributed by atoms with E-state index in [1.165, 1.54) is 6.20 Å². The topological polar surface area (TPSA) is 98.0 Å². The van der Waals surface area contributed by atoms with Gasteiger partial charge in [-0.15, -0.1) is 0 Å². The number of aromatic nitrogens is 2. The molecule has 2 aromatic carbocycles. The van der Waals surface area contributed by atoms with Crippen LogP contribution >= 0.6 is 0 Å². The molecule has 2 amide bonds. The molecular weight excluding hydrogens is 292 g/mol. The summed E-state index contributed by atoms with van der Waals surface area (Å²) in [4.78, 5) is 32.0. The fourth-order valence-corrected chi connectivity index (χ4v) is 2.24. The average Bonchev–Trinajstić information content (AvgIpc) is 2.55. The molecule has 0 aliphatic heterocycles. The molecule has 3 rings (SSSR count). The lowest BCUT2D eigenvalue weighted by molar-refractivity contribution is -0.117. The van der Waals surface area contributed by atoms with Gasteiger partial charge < -0.3 is 11.1 Å². The highest BCUT2D eigenvalue weighted by molar-refractivity contribution is 6.04. The van der Waals surface area contributed by atoms with Crippen molar-refractivity contribution in [3.8, 4) is 0 Å². The third-order valence-corrected chi connectivity index (χ3v) is 3.31. The Bertz CT molecular complexity index is 892. The van der Waals surface area contributed by atoms with E-state index in [0.717, 1.165) is 5.52 Å². The summed E-state index contributed by atoms with van der Waals surface area (Å²) < 4.78 is 0. The highest BCUT2D eigenvalue weighted by Gasteiger charge is 2.12. The Hall–Kier alpha value is -3.28. The van der Waals surface area contributed by atoms with Crippen LogP contribution in [0.2, 0.25) is 0 Å². The average molecular weight is 306 g/mol. The Morgan fingerprint density at radius 3 is 2.48 bits per heavy atom. The second-order valence-electron chi connectivity index (χ2n) is 5.00. The molecule has 6 nitrogen and oxygen atoms in total. The second kappa shape index (κ2) is 6.23. The minimum Gasteiger partial charge on any atom is -0.369 e. The van der Waals surface area contributed by atoms with Gasteiger partial charge in [-0.25, -0.2) is 4.98 Å². The first kappa shape index (κ1) is 14.6. The largest absolute Gasteiger partial charge is 0.369 e. The van der Waals surface area contributed by atoms with Crippen LogP contribution in [0.1, 0.15) is 16.1 Å². The van der Waals surface area contributed by atoms with Crippen molar-refractivity contribution in [2.24, 2.45) is 5.73 Å². The van der Waals surface area contributed by atoms with Gasteiger partial charge in [-0.05, 0) is 23.8 Å². The smallest absolute Gasteiger partial charge is 0.275 e. The first-order valence-corrected chi connectivity index (χ1v) is 7.03. The fraction of sp³-hybridized carbons (Fsp3) is 0.0588. The van der Waals surface area contributed by atoms with Crippen LogP contribution in [0, 0.1) is 0 Å². The van der Waals surface area contributed by atoms with Crippen molar-refractivity contribution < 1.29 is 9.59 Å². The van der Waals surface area contributed by atoms with Gasteiger partial charge >= 0.3 is 0 Å². The molecule has 0 saturated heterocycles. The number of carbonyl (C=O) groups is 2. The highest BCUT2D eigenvalue weighted by Crippen LogP contribution is 2.17. The van der Waals surface area contributed by atoms with Gasteiger partial charge in [-0.2, -0.15) is 0 Å². The van der Waals surface area contributed by atoms with E-state index in [2.05, 4.69) is 15.3 Å². The number of nitrogens with two attached hydrogens (primary N) is 1. The Balaban J connectivity index is 1.87. The number of primary amides is 1. The number of hydrogen-bond acceptors (Lipinski definition) is 4. The minimum atomic E-state index is -0.461. The number of carbonyl (C=O) groups excluding carboxylic acids is 2. The lowest BCUT2D eigenvalue weighted by atomic mass is 10.1. The maximum absolute atomic E-state index is 12.4. The summed E-state index contributed by atoms with van der Waals surface area (Å²) >= 11 is 0. The van der Waals surface area contributed by atoms with Crippen LogP contribution < -0.4 is 11.1 Å². The standard InChI is InChI=1S/C17H14N4O2/c18-16(22)9-11-5-1-2-6-12(11)21-17(23)15-10-19-13-7-3-4-8-14(13)20-15/h1-8,10H,9H2,(H2,18,22)(H,21,23). The molecule has 0 aliphatic carbocycles. The summed E-state index contributed by atoms with van der Waals surface area (Å²) in [7, 11) is 0. The molecule has 1 aromatic heterocycles. The lowest BCUT2D eigenvalue weighted by Crippen LogP contribution is -2.18. The normalized spacial score (nSPS) is 10.4. The van der Waals surface area contributed by atoms with Crippen molar-refractivity contribution in [3.63, 3.8) is 0 Å². The predicted octanol–water partition coefficient (Wildman–Crippen LogP) is 1.91. The highest BCUT2D eigenvalue weighted by atomic mass is 16.2. The van der Waals surface area contributed by atoms with Gasteiger partial charge in [0.2, 0.25) is 5.91 Å². The summed E-state index contributed by atoms with van der Waals surface area (Å²) in [5.41, 5.74) is 7.98. The molecule has 114 valence electrons. The van der Waals surface area contributed by atoms with Crippen LogP contribution in [-0.2, 0) is 11.2 Å². The van der Waals surface area contributed by atoms with Gasteiger partial charge in [0, 0.05) is 5.69 Å². The summed E-state index contributed by atoms with van der Waals surface area (Å²) in [6, 6.07) is 14.3. The third-order valence-electron chi connectivity index (χ3n) is 3.31. The first-order chi connectivity index (χ1) is 11.1. The number of rotatable bonds is 4. The van der Waals surface area contributed by atoms with E-state index >= 15 is 0 Å². The number of nitrogens with one attached hydrogen (secondary N) is 1. The third kappa shape index (κ3) is 3.32. The maximum Gasteiger partial charge on any atom is 0.275 e. The molecule has 0 aliphatic rings. The van der Waals surface area contributed by atoms with Gasteiger partial charge in [0.15, 0.2) is 0 Å². The van der Waals surface area contributed by atoms with Crippen molar-refractivity contribution >= 4 is 28.5 Å². The number of anilines is 1. The lowest BCUT2D eigenvalue weighted by Gasteiger charge is -2.09. The molecule has 0 radical (unpaired) electrons. The zero-order chi connectivity index (χ0) is 16.2. The molecule has 23 heavy (non-hydrogen) atoms. The first-order valence-electron chi connectivity index (χ1n) is 7.03. The predicted molar refractivity (Wildman–Crippen MR) is 86.8 cm³/mol. The number of fused-ring (bicyclic) bond motifs is 1. The van der Waals surface area contributed by atoms with Crippen LogP contribution in [0.5, 0.6) is 0 Å². The van der Waals surface area contributed by atoms with E-state index in [4.69, 9.17) is 5.73 Å². The summed E-state index contributed by atoms with van der Waals surface area (Å²) in [5.74, 6) is -0.850. The van der Waals surface area contributed by atoms with E-state index in [9.17, 15) is 9.59 Å². The zero-order valence-corrected chi connectivity index (χ0v) is 12.2. The molecule has 0 bridgehead atoms. The number of nitrogens with zero attached hydrogens (tertiary/aromatic N) is 2. The van der Waals surface area contributed by atoms with Crippen LogP contribution in [0.15, 0.2) is 54.7 Å². The Morgan fingerprint density at radius 2 is 1.70 bits per heavy atom. The molecule has 0 spiro atoms. The van der Waals surface area contributed by atoms with Crippen molar-refractivity contribution in [1.82, 2.24) is 9.97 Å². The van der Waals surface area contributed by atoms with E-state index in [0.29, 0.717) is 16.8 Å². The quantitative estimate of drug-likeness (QED) is 0.769. The van der Waals surface area contributed by atoms with Crippen LogP contribution in [0.3, 0.4) is 0 Å². The monoisotopic (exact) mass is 306 g/mol. The van der Waals surface area contributed by atoms with Gasteiger partial charge in [0.05, 0.1) is 23.7 Å².